The predicted octanol–water partition coefficient (Wildman–Crippen LogP) is 5.76. The summed E-state index contributed by atoms with van der Waals surface area (Å²) in [5, 5.41) is 8.57. The van der Waals surface area contributed by atoms with Crippen molar-refractivity contribution in [1.82, 2.24) is 9.66 Å². The lowest BCUT2D eigenvalue weighted by atomic mass is 10.1. The number of nitrogens with zero attached hydrogens (tertiary/aromatic N) is 3. The second-order valence-corrected chi connectivity index (χ2v) is 10.6. The van der Waals surface area contributed by atoms with Crippen LogP contribution in [0.3, 0.4) is 0 Å². The number of anilines is 1. The minimum Gasteiger partial charge on any atom is -0.321 e. The fourth-order valence-corrected chi connectivity index (χ4v) is 5.97. The Balaban J connectivity index is 1.56. The third kappa shape index (κ3) is 3.94. The Bertz CT molecular complexity index is 1520. The standard InChI is InChI=1S/C24H19BrN4O2S2/c1-12-5-4-6-17(13(12)2)26-21(30)20-14(3)19-22(33-20)27-24-29(23(19)31)28-18(11-32-24)15-7-9-16(25)10-8-15/h4-10H,11H2,1-3H3,(H,26,30). The maximum Gasteiger partial charge on any atom is 0.283 e. The molecule has 0 saturated carbocycles. The summed E-state index contributed by atoms with van der Waals surface area (Å²) in [6.45, 7) is 5.77. The molecule has 2 aromatic heterocycles. The van der Waals surface area contributed by atoms with Crippen LogP contribution in [0.25, 0.3) is 10.2 Å². The molecule has 0 unspecified atom stereocenters. The highest BCUT2D eigenvalue weighted by Gasteiger charge is 2.24. The van der Waals surface area contributed by atoms with E-state index in [0.29, 0.717) is 31.6 Å². The van der Waals surface area contributed by atoms with Crippen LogP contribution in [0.2, 0.25) is 0 Å². The number of nitrogens with one attached hydrogen (secondary N) is 1. The van der Waals surface area contributed by atoms with Crippen LogP contribution in [0.5, 0.6) is 0 Å². The molecule has 3 heterocycles. The van der Waals surface area contributed by atoms with Gasteiger partial charge in [-0.1, -0.05) is 52.0 Å². The van der Waals surface area contributed by atoms with E-state index in [1.54, 1.807) is 6.92 Å². The molecule has 5 rings (SSSR count). The van der Waals surface area contributed by atoms with E-state index in [1.807, 2.05) is 56.3 Å². The second-order valence-electron chi connectivity index (χ2n) is 7.79. The minimum atomic E-state index is -0.253. The summed E-state index contributed by atoms with van der Waals surface area (Å²) in [5.74, 6) is 0.377. The van der Waals surface area contributed by atoms with Gasteiger partial charge in [0, 0.05) is 15.9 Å². The molecule has 0 saturated heterocycles. The summed E-state index contributed by atoms with van der Waals surface area (Å²) in [5.41, 5.74) is 5.02. The number of amides is 1. The van der Waals surface area contributed by atoms with Crippen LogP contribution in [0.4, 0.5) is 5.69 Å². The van der Waals surface area contributed by atoms with Crippen LogP contribution in [0.1, 0.15) is 31.9 Å². The van der Waals surface area contributed by atoms with Gasteiger partial charge >= 0.3 is 0 Å². The average Bonchev–Trinajstić information content (AvgIpc) is 3.14. The van der Waals surface area contributed by atoms with Crippen LogP contribution in [-0.2, 0) is 0 Å². The van der Waals surface area contributed by atoms with E-state index in [1.165, 1.54) is 27.8 Å². The Hall–Kier alpha value is -2.75. The van der Waals surface area contributed by atoms with Gasteiger partial charge in [0.05, 0.1) is 16.0 Å². The summed E-state index contributed by atoms with van der Waals surface area (Å²) < 4.78 is 2.34. The highest BCUT2D eigenvalue weighted by Crippen LogP contribution is 2.32. The molecule has 33 heavy (non-hydrogen) atoms. The molecule has 0 spiro atoms. The Morgan fingerprint density at radius 2 is 1.85 bits per heavy atom. The first-order chi connectivity index (χ1) is 15.8. The fraction of sp³-hybridized carbons (Fsp3) is 0.167. The first-order valence-electron chi connectivity index (χ1n) is 10.2. The Morgan fingerprint density at radius 1 is 1.09 bits per heavy atom. The van der Waals surface area contributed by atoms with Crippen LogP contribution in [-0.4, -0.2) is 27.0 Å². The molecule has 1 aliphatic heterocycles. The molecule has 0 fully saturated rings. The second kappa shape index (κ2) is 8.55. The number of rotatable bonds is 3. The maximum atomic E-state index is 13.4. The molecule has 0 bridgehead atoms. The van der Waals surface area contributed by atoms with Gasteiger partial charge in [0.1, 0.15) is 4.83 Å². The number of carbonyl (C=O) groups is 1. The number of aryl methyl sites for hydroxylation is 2. The molecule has 0 radical (unpaired) electrons. The largest absolute Gasteiger partial charge is 0.321 e. The summed E-state index contributed by atoms with van der Waals surface area (Å²) >= 11 is 6.16. The van der Waals surface area contributed by atoms with Crippen molar-refractivity contribution < 1.29 is 4.79 Å². The highest BCUT2D eigenvalue weighted by molar-refractivity contribution is 9.10. The molecule has 0 atom stereocenters. The summed E-state index contributed by atoms with van der Waals surface area (Å²) in [6, 6.07) is 13.6. The van der Waals surface area contributed by atoms with E-state index >= 15 is 0 Å². The summed E-state index contributed by atoms with van der Waals surface area (Å²) in [6.07, 6.45) is 0. The molecule has 2 aromatic carbocycles. The van der Waals surface area contributed by atoms with Crippen molar-refractivity contribution in [3.63, 3.8) is 0 Å². The number of thiophene rings is 1. The van der Waals surface area contributed by atoms with Gasteiger partial charge in [-0.2, -0.15) is 9.78 Å². The molecule has 0 aliphatic carbocycles. The maximum absolute atomic E-state index is 13.4. The van der Waals surface area contributed by atoms with Gasteiger partial charge in [0.15, 0.2) is 5.16 Å². The quantitative estimate of drug-likeness (QED) is 0.336. The van der Waals surface area contributed by atoms with Crippen molar-refractivity contribution in [1.29, 1.82) is 0 Å². The molecule has 1 amide bonds. The van der Waals surface area contributed by atoms with Gasteiger partial charge in [0.2, 0.25) is 0 Å². The number of hydrogen-bond acceptors (Lipinski definition) is 6. The molecule has 4 aromatic rings. The van der Waals surface area contributed by atoms with E-state index in [-0.39, 0.29) is 11.5 Å². The first-order valence-corrected chi connectivity index (χ1v) is 12.8. The molecule has 166 valence electrons. The Morgan fingerprint density at radius 3 is 2.61 bits per heavy atom. The average molecular weight is 539 g/mol. The number of fused-ring (bicyclic) bond motifs is 2. The van der Waals surface area contributed by atoms with Gasteiger partial charge < -0.3 is 5.32 Å². The van der Waals surface area contributed by atoms with Crippen molar-refractivity contribution in [3.05, 3.63) is 84.4 Å². The predicted molar refractivity (Wildman–Crippen MR) is 139 cm³/mol. The van der Waals surface area contributed by atoms with E-state index in [2.05, 4.69) is 31.3 Å². The van der Waals surface area contributed by atoms with Gasteiger partial charge in [-0.25, -0.2) is 4.98 Å². The topological polar surface area (TPSA) is 76.3 Å². The monoisotopic (exact) mass is 538 g/mol. The van der Waals surface area contributed by atoms with Crippen LogP contribution < -0.4 is 10.9 Å². The first kappa shape index (κ1) is 22.1. The molecule has 6 nitrogen and oxygen atoms in total. The van der Waals surface area contributed by atoms with Crippen molar-refractivity contribution in [2.45, 2.75) is 25.9 Å². The fourth-order valence-electron chi connectivity index (χ4n) is 3.69. The number of carbonyl (C=O) groups excluding carboxylic acids is 1. The molecular weight excluding hydrogens is 520 g/mol. The van der Waals surface area contributed by atoms with Gasteiger partial charge in [-0.05, 0) is 61.2 Å². The Labute approximate surface area is 206 Å². The molecular formula is C24H19BrN4O2S2. The normalized spacial score (nSPS) is 13.0. The molecule has 1 aliphatic rings. The van der Waals surface area contributed by atoms with Gasteiger partial charge in [-0.3, -0.25) is 9.59 Å². The number of benzene rings is 2. The molecule has 1 N–H and O–H groups in total. The van der Waals surface area contributed by atoms with Crippen molar-refractivity contribution in [3.8, 4) is 0 Å². The zero-order chi connectivity index (χ0) is 23.3. The van der Waals surface area contributed by atoms with E-state index in [9.17, 15) is 9.59 Å². The van der Waals surface area contributed by atoms with Crippen LogP contribution in [0, 0.1) is 20.8 Å². The van der Waals surface area contributed by atoms with Crippen molar-refractivity contribution >= 4 is 66.6 Å². The third-order valence-corrected chi connectivity index (χ3v) is 8.36. The zero-order valence-electron chi connectivity index (χ0n) is 18.1. The zero-order valence-corrected chi connectivity index (χ0v) is 21.3. The van der Waals surface area contributed by atoms with Gasteiger partial charge in [0.25, 0.3) is 11.5 Å². The van der Waals surface area contributed by atoms with Crippen LogP contribution in [0.15, 0.2) is 62.0 Å². The van der Waals surface area contributed by atoms with Crippen molar-refractivity contribution in [2.75, 3.05) is 11.1 Å². The number of thioether (sulfide) groups is 1. The molecule has 9 heteroatoms. The SMILES string of the molecule is Cc1cccc(NC(=O)c2sc3nc4n(c(=O)c3c2C)N=C(c2ccc(Br)cc2)CS4)c1C. The van der Waals surface area contributed by atoms with E-state index in [0.717, 1.165) is 32.6 Å². The number of hydrogen-bond donors (Lipinski definition) is 1. The number of halogens is 1. The highest BCUT2D eigenvalue weighted by atomic mass is 79.9. The smallest absolute Gasteiger partial charge is 0.283 e. The lowest BCUT2D eigenvalue weighted by molar-refractivity contribution is 0.103. The van der Waals surface area contributed by atoms with Gasteiger partial charge in [-0.15, -0.1) is 11.3 Å². The number of aromatic nitrogens is 2. The van der Waals surface area contributed by atoms with E-state index in [4.69, 9.17) is 0 Å². The summed E-state index contributed by atoms with van der Waals surface area (Å²) in [7, 11) is 0. The Kier molecular flexibility index (Phi) is 5.72. The van der Waals surface area contributed by atoms with E-state index < -0.39 is 0 Å². The van der Waals surface area contributed by atoms with Crippen LogP contribution >= 0.6 is 39.0 Å². The lowest BCUT2D eigenvalue weighted by Gasteiger charge is -2.15. The minimum absolute atomic E-state index is 0.238. The third-order valence-electron chi connectivity index (χ3n) is 5.71. The summed E-state index contributed by atoms with van der Waals surface area (Å²) in [4.78, 5) is 32.2. The van der Waals surface area contributed by atoms with Crippen molar-refractivity contribution in [2.24, 2.45) is 5.10 Å². The lowest BCUT2D eigenvalue weighted by Crippen LogP contribution is -2.25.